The Balaban J connectivity index is 1.23. The van der Waals surface area contributed by atoms with Crippen molar-refractivity contribution in [2.45, 2.75) is 30.7 Å². The second kappa shape index (κ2) is 10.2. The fourth-order valence-electron chi connectivity index (χ4n) is 4.24. The smallest absolute Gasteiger partial charge is 0.244 e. The normalized spacial score (nSPS) is 15.0. The highest BCUT2D eigenvalue weighted by atomic mass is 32.2. The minimum atomic E-state index is -3.74. The Hall–Kier alpha value is -3.75. The Labute approximate surface area is 221 Å². The zero-order valence-corrected chi connectivity index (χ0v) is 21.8. The molecule has 1 aliphatic heterocycles. The predicted molar refractivity (Wildman–Crippen MR) is 138 cm³/mol. The van der Waals surface area contributed by atoms with Crippen LogP contribution >= 0.6 is 11.3 Å². The first-order valence-electron chi connectivity index (χ1n) is 11.6. The number of anilines is 2. The van der Waals surface area contributed by atoms with E-state index in [0.29, 0.717) is 23.8 Å². The molecule has 10 nitrogen and oxygen atoms in total. The molecule has 1 saturated heterocycles. The molecule has 0 bridgehead atoms. The van der Waals surface area contributed by atoms with Crippen molar-refractivity contribution < 1.29 is 22.0 Å². The van der Waals surface area contributed by atoms with E-state index in [-0.39, 0.29) is 34.7 Å². The molecule has 0 unspecified atom stereocenters. The van der Waals surface area contributed by atoms with E-state index in [4.69, 9.17) is 5.73 Å². The summed E-state index contributed by atoms with van der Waals surface area (Å²) in [6.45, 7) is 2.34. The minimum Gasteiger partial charge on any atom is -0.382 e. The number of thiazole rings is 1. The Morgan fingerprint density at radius 1 is 1.13 bits per heavy atom. The van der Waals surface area contributed by atoms with Gasteiger partial charge in [0.1, 0.15) is 38.9 Å². The lowest BCUT2D eigenvalue weighted by molar-refractivity contribution is 0.103. The molecule has 38 heavy (non-hydrogen) atoms. The number of nitrogens with zero attached hydrogens (tertiary/aromatic N) is 5. The van der Waals surface area contributed by atoms with Crippen molar-refractivity contribution in [1.82, 2.24) is 23.8 Å². The van der Waals surface area contributed by atoms with Crippen molar-refractivity contribution in [2.24, 2.45) is 0 Å². The van der Waals surface area contributed by atoms with Crippen LogP contribution in [0, 0.1) is 18.6 Å². The standard InChI is InChI=1S/C24H23F2N7O3S2/c1-14-28-9-12-33(14)19-6-5-16(13-29-19)38(35,36)32-10-7-15(8-11-32)30-24-31-23(27)22(37-24)21(34)20-17(25)3-2-4-18(20)26/h2-6,9,12-13,15H,7-8,10-11,27H2,1H3,(H,30,31). The van der Waals surface area contributed by atoms with Gasteiger partial charge in [-0.3, -0.25) is 9.36 Å². The number of hydrogen-bond donors (Lipinski definition) is 2. The van der Waals surface area contributed by atoms with E-state index in [1.165, 1.54) is 22.6 Å². The lowest BCUT2D eigenvalue weighted by atomic mass is 10.1. The predicted octanol–water partition coefficient (Wildman–Crippen LogP) is 3.39. The van der Waals surface area contributed by atoms with Crippen LogP contribution in [0.15, 0.2) is 53.8 Å². The fraction of sp³-hybridized carbons (Fsp3) is 0.250. The van der Waals surface area contributed by atoms with Crippen LogP contribution in [0.3, 0.4) is 0 Å². The van der Waals surface area contributed by atoms with E-state index in [1.807, 2.05) is 6.92 Å². The van der Waals surface area contributed by atoms with Gasteiger partial charge in [0, 0.05) is 37.7 Å². The highest BCUT2D eigenvalue weighted by Crippen LogP contribution is 2.31. The summed E-state index contributed by atoms with van der Waals surface area (Å²) in [6, 6.07) is 6.19. The van der Waals surface area contributed by atoms with Crippen molar-refractivity contribution in [3.05, 3.63) is 76.8 Å². The molecular formula is C24H23F2N7O3S2. The summed E-state index contributed by atoms with van der Waals surface area (Å²) in [5.74, 6) is -1.67. The molecule has 1 aliphatic rings. The molecule has 1 aromatic carbocycles. The summed E-state index contributed by atoms with van der Waals surface area (Å²) in [7, 11) is -3.74. The van der Waals surface area contributed by atoms with Crippen molar-refractivity contribution in [1.29, 1.82) is 0 Å². The second-order valence-electron chi connectivity index (χ2n) is 8.68. The summed E-state index contributed by atoms with van der Waals surface area (Å²) >= 11 is 0.901. The van der Waals surface area contributed by atoms with Gasteiger partial charge >= 0.3 is 0 Å². The number of nitrogen functional groups attached to an aromatic ring is 1. The molecule has 5 rings (SSSR count). The summed E-state index contributed by atoms with van der Waals surface area (Å²) < 4.78 is 57.6. The maximum Gasteiger partial charge on any atom is 0.244 e. The largest absolute Gasteiger partial charge is 0.382 e. The maximum atomic E-state index is 14.1. The third-order valence-electron chi connectivity index (χ3n) is 6.26. The van der Waals surface area contributed by atoms with Gasteiger partial charge in [0.2, 0.25) is 15.8 Å². The van der Waals surface area contributed by atoms with E-state index in [0.717, 1.165) is 29.3 Å². The van der Waals surface area contributed by atoms with Gasteiger partial charge in [-0.25, -0.2) is 32.2 Å². The number of rotatable bonds is 7. The average Bonchev–Trinajstić information content (AvgIpc) is 3.49. The number of nitrogens with two attached hydrogens (primary N) is 1. The van der Waals surface area contributed by atoms with Gasteiger partial charge in [-0.15, -0.1) is 0 Å². The molecule has 198 valence electrons. The lowest BCUT2D eigenvalue weighted by Crippen LogP contribution is -2.42. The molecule has 0 radical (unpaired) electrons. The van der Waals surface area contributed by atoms with Gasteiger partial charge in [0.05, 0.1) is 5.56 Å². The van der Waals surface area contributed by atoms with Crippen LogP contribution in [0.25, 0.3) is 5.82 Å². The first-order chi connectivity index (χ1) is 18.1. The first-order valence-corrected chi connectivity index (χ1v) is 13.9. The molecule has 0 spiro atoms. The van der Waals surface area contributed by atoms with E-state index >= 15 is 0 Å². The Morgan fingerprint density at radius 3 is 2.45 bits per heavy atom. The maximum absolute atomic E-state index is 14.1. The number of sulfonamides is 1. The Bertz CT molecular complexity index is 1580. The number of imidazole rings is 1. The molecule has 0 atom stereocenters. The van der Waals surface area contributed by atoms with Crippen LogP contribution in [0.4, 0.5) is 19.7 Å². The van der Waals surface area contributed by atoms with Gasteiger partial charge in [-0.2, -0.15) is 4.31 Å². The summed E-state index contributed by atoms with van der Waals surface area (Å²) in [4.78, 5) is 25.3. The van der Waals surface area contributed by atoms with E-state index in [2.05, 4.69) is 20.3 Å². The van der Waals surface area contributed by atoms with Gasteiger partial charge in [-0.05, 0) is 44.0 Å². The Kier molecular flexibility index (Phi) is 6.94. The van der Waals surface area contributed by atoms with Gasteiger partial charge in [0.15, 0.2) is 5.13 Å². The van der Waals surface area contributed by atoms with Crippen LogP contribution in [-0.2, 0) is 10.0 Å². The number of aromatic nitrogens is 4. The molecule has 14 heteroatoms. The second-order valence-corrected chi connectivity index (χ2v) is 11.6. The summed E-state index contributed by atoms with van der Waals surface area (Å²) in [5, 5.41) is 3.48. The molecule has 4 heterocycles. The Morgan fingerprint density at radius 2 is 1.84 bits per heavy atom. The number of aryl methyl sites for hydroxylation is 1. The number of benzene rings is 1. The van der Waals surface area contributed by atoms with Gasteiger partial charge in [-0.1, -0.05) is 17.4 Å². The van der Waals surface area contributed by atoms with Crippen molar-refractivity contribution in [3.8, 4) is 5.82 Å². The highest BCUT2D eigenvalue weighted by Gasteiger charge is 2.31. The quantitative estimate of drug-likeness (QED) is 0.329. The van der Waals surface area contributed by atoms with Gasteiger partial charge < -0.3 is 11.1 Å². The number of carbonyl (C=O) groups excluding carboxylic acids is 1. The third kappa shape index (κ3) is 4.89. The van der Waals surface area contributed by atoms with Crippen LogP contribution in [0.5, 0.6) is 0 Å². The number of carbonyl (C=O) groups is 1. The minimum absolute atomic E-state index is 0.0710. The van der Waals surface area contributed by atoms with Crippen LogP contribution < -0.4 is 11.1 Å². The van der Waals surface area contributed by atoms with Crippen LogP contribution in [-0.4, -0.2) is 57.2 Å². The van der Waals surface area contributed by atoms with Crippen molar-refractivity contribution in [3.63, 3.8) is 0 Å². The van der Waals surface area contributed by atoms with Crippen molar-refractivity contribution in [2.75, 3.05) is 24.1 Å². The van der Waals surface area contributed by atoms with Crippen molar-refractivity contribution >= 4 is 38.1 Å². The average molecular weight is 560 g/mol. The van der Waals surface area contributed by atoms with E-state index in [1.54, 1.807) is 23.0 Å². The molecule has 0 aliphatic carbocycles. The number of pyridine rings is 1. The summed E-state index contributed by atoms with van der Waals surface area (Å²) in [6.07, 6.45) is 5.68. The third-order valence-corrected chi connectivity index (χ3v) is 9.15. The highest BCUT2D eigenvalue weighted by molar-refractivity contribution is 7.89. The molecule has 0 amide bonds. The van der Waals surface area contributed by atoms with E-state index in [9.17, 15) is 22.0 Å². The number of hydrogen-bond acceptors (Lipinski definition) is 9. The first kappa shape index (κ1) is 25.9. The fourth-order valence-corrected chi connectivity index (χ4v) is 6.56. The number of halogens is 2. The zero-order valence-electron chi connectivity index (χ0n) is 20.1. The lowest BCUT2D eigenvalue weighted by Gasteiger charge is -2.31. The molecule has 0 saturated carbocycles. The molecular weight excluding hydrogens is 536 g/mol. The number of nitrogens with one attached hydrogen (secondary N) is 1. The number of ketones is 1. The monoisotopic (exact) mass is 559 g/mol. The molecule has 1 fully saturated rings. The summed E-state index contributed by atoms with van der Waals surface area (Å²) in [5.41, 5.74) is 5.19. The topological polar surface area (TPSA) is 136 Å². The number of piperidine rings is 1. The molecule has 4 aromatic rings. The zero-order chi connectivity index (χ0) is 27.0. The molecule has 3 aromatic heterocycles. The van der Waals surface area contributed by atoms with E-state index < -0.39 is 33.0 Å². The van der Waals surface area contributed by atoms with Gasteiger partial charge in [0.25, 0.3) is 0 Å². The van der Waals surface area contributed by atoms with Crippen LogP contribution in [0.1, 0.15) is 33.9 Å². The molecule has 3 N–H and O–H groups in total. The SMILES string of the molecule is Cc1nccn1-c1ccc(S(=O)(=O)N2CCC(Nc3nc(N)c(C(=O)c4c(F)cccc4F)s3)CC2)cn1. The van der Waals surface area contributed by atoms with Crippen LogP contribution in [0.2, 0.25) is 0 Å².